The second-order valence-corrected chi connectivity index (χ2v) is 8.60. The van der Waals surface area contributed by atoms with Crippen LogP contribution in [0.15, 0.2) is 83.9 Å². The van der Waals surface area contributed by atoms with Crippen molar-refractivity contribution in [3.05, 3.63) is 100 Å². The number of halogens is 1. The average molecular weight is 493 g/mol. The summed E-state index contributed by atoms with van der Waals surface area (Å²) in [6, 6.07) is 19.2. The summed E-state index contributed by atoms with van der Waals surface area (Å²) in [5, 5.41) is 17.2. The summed E-state index contributed by atoms with van der Waals surface area (Å²) in [5.41, 5.74) is 1.38. The summed E-state index contributed by atoms with van der Waals surface area (Å²) in [6.45, 7) is 0.771. The summed E-state index contributed by atoms with van der Waals surface area (Å²) < 4.78 is 15.8. The van der Waals surface area contributed by atoms with E-state index in [4.69, 9.17) is 0 Å². The monoisotopic (exact) mass is 492 g/mol. The Hall–Kier alpha value is -4.18. The predicted molar refractivity (Wildman–Crippen MR) is 133 cm³/mol. The van der Waals surface area contributed by atoms with E-state index in [-0.39, 0.29) is 22.9 Å². The highest BCUT2D eigenvalue weighted by Crippen LogP contribution is 2.30. The number of thioether (sulfide) groups is 1. The first-order valence-electron chi connectivity index (χ1n) is 10.7. The van der Waals surface area contributed by atoms with Crippen LogP contribution >= 0.6 is 11.8 Å². The number of carbonyl (C=O) groups excluding carboxylic acids is 2. The molecule has 0 saturated carbocycles. The molecule has 35 heavy (non-hydrogen) atoms. The van der Waals surface area contributed by atoms with E-state index in [2.05, 4.69) is 10.6 Å². The van der Waals surface area contributed by atoms with Gasteiger partial charge in [-0.1, -0.05) is 30.3 Å². The zero-order valence-corrected chi connectivity index (χ0v) is 19.3. The molecular formula is C25H21FN4O4S. The van der Waals surface area contributed by atoms with Gasteiger partial charge in [0.2, 0.25) is 5.91 Å². The lowest BCUT2D eigenvalue weighted by Gasteiger charge is -2.08. The van der Waals surface area contributed by atoms with Crippen molar-refractivity contribution in [3.8, 4) is 0 Å². The van der Waals surface area contributed by atoms with E-state index in [0.29, 0.717) is 18.8 Å². The smallest absolute Gasteiger partial charge is 0.269 e. The Balaban J connectivity index is 1.37. The van der Waals surface area contributed by atoms with Gasteiger partial charge in [0.1, 0.15) is 5.82 Å². The van der Waals surface area contributed by atoms with E-state index in [9.17, 15) is 24.1 Å². The molecule has 8 nitrogen and oxygen atoms in total. The number of nitro benzene ring substituents is 1. The molecule has 0 unspecified atom stereocenters. The van der Waals surface area contributed by atoms with E-state index in [0.717, 1.165) is 15.8 Å². The van der Waals surface area contributed by atoms with E-state index in [1.807, 2.05) is 35.0 Å². The van der Waals surface area contributed by atoms with Crippen molar-refractivity contribution in [3.63, 3.8) is 0 Å². The number of carbonyl (C=O) groups is 2. The molecule has 10 heteroatoms. The molecule has 2 amide bonds. The third kappa shape index (κ3) is 5.85. The Morgan fingerprint density at radius 1 is 1.00 bits per heavy atom. The lowest BCUT2D eigenvalue weighted by atomic mass is 10.2. The number of nitrogens with zero attached hydrogens (tertiary/aromatic N) is 2. The van der Waals surface area contributed by atoms with Gasteiger partial charge in [-0.05, 0) is 30.3 Å². The number of para-hydroxylation sites is 1. The molecule has 0 aliphatic rings. The van der Waals surface area contributed by atoms with Gasteiger partial charge in [0, 0.05) is 52.9 Å². The molecule has 0 spiro atoms. The van der Waals surface area contributed by atoms with Gasteiger partial charge in [0.05, 0.1) is 16.2 Å². The fourth-order valence-electron chi connectivity index (χ4n) is 3.55. The minimum atomic E-state index is -0.567. The summed E-state index contributed by atoms with van der Waals surface area (Å²) in [4.78, 5) is 35.8. The second kappa shape index (κ2) is 10.8. The van der Waals surface area contributed by atoms with Crippen LogP contribution < -0.4 is 10.6 Å². The molecule has 4 rings (SSSR count). The van der Waals surface area contributed by atoms with Crippen LogP contribution in [0.1, 0.15) is 10.4 Å². The maximum absolute atomic E-state index is 13.8. The molecule has 0 saturated heterocycles. The van der Waals surface area contributed by atoms with Crippen molar-refractivity contribution in [1.29, 1.82) is 0 Å². The van der Waals surface area contributed by atoms with Gasteiger partial charge in [-0.15, -0.1) is 11.8 Å². The van der Waals surface area contributed by atoms with Gasteiger partial charge in [0.15, 0.2) is 0 Å². The third-order valence-corrected chi connectivity index (χ3v) is 6.27. The number of rotatable bonds is 9. The van der Waals surface area contributed by atoms with Crippen LogP contribution in [0, 0.1) is 15.9 Å². The maximum atomic E-state index is 13.8. The lowest BCUT2D eigenvalue weighted by molar-refractivity contribution is -0.384. The summed E-state index contributed by atoms with van der Waals surface area (Å²) >= 11 is 1.37. The number of nitro groups is 1. The van der Waals surface area contributed by atoms with Gasteiger partial charge in [-0.25, -0.2) is 4.39 Å². The number of fused-ring (bicyclic) bond motifs is 1. The fraction of sp³-hybridized carbons (Fsp3) is 0.120. The van der Waals surface area contributed by atoms with Gasteiger partial charge >= 0.3 is 0 Å². The van der Waals surface area contributed by atoms with Crippen molar-refractivity contribution in [2.24, 2.45) is 0 Å². The standard InChI is InChI=1S/C25H21FN4O4S/c26-21-7-3-1-5-19(21)25(32)27-13-14-29-15-23(20-6-2-4-8-22(20)29)35-16-24(31)28-17-9-11-18(12-10-17)30(33)34/h1-12,15H,13-14,16H2,(H,27,32)(H,28,31). The van der Waals surface area contributed by atoms with Gasteiger partial charge in [0.25, 0.3) is 11.6 Å². The molecule has 4 aromatic rings. The third-order valence-electron chi connectivity index (χ3n) is 5.23. The van der Waals surface area contributed by atoms with E-state index in [1.54, 1.807) is 6.07 Å². The van der Waals surface area contributed by atoms with E-state index < -0.39 is 16.6 Å². The van der Waals surface area contributed by atoms with Crippen molar-refractivity contribution >= 4 is 45.9 Å². The van der Waals surface area contributed by atoms with Gasteiger partial charge in [-0.3, -0.25) is 19.7 Å². The van der Waals surface area contributed by atoms with Gasteiger partial charge < -0.3 is 15.2 Å². The summed E-state index contributed by atoms with van der Waals surface area (Å²) in [6.07, 6.45) is 1.92. The van der Waals surface area contributed by atoms with Crippen molar-refractivity contribution in [1.82, 2.24) is 9.88 Å². The quantitative estimate of drug-likeness (QED) is 0.197. The van der Waals surface area contributed by atoms with E-state index in [1.165, 1.54) is 54.2 Å². The first kappa shape index (κ1) is 24.0. The van der Waals surface area contributed by atoms with Crippen LogP contribution in [0.5, 0.6) is 0 Å². The van der Waals surface area contributed by atoms with Crippen LogP contribution in [0.4, 0.5) is 15.8 Å². The summed E-state index contributed by atoms with van der Waals surface area (Å²) in [7, 11) is 0. The Labute approximate surface area is 204 Å². The normalized spacial score (nSPS) is 10.8. The Morgan fingerprint density at radius 3 is 2.46 bits per heavy atom. The van der Waals surface area contributed by atoms with Gasteiger partial charge in [-0.2, -0.15) is 0 Å². The van der Waals surface area contributed by atoms with Crippen molar-refractivity contribution in [2.75, 3.05) is 17.6 Å². The first-order valence-corrected chi connectivity index (χ1v) is 11.7. The highest BCUT2D eigenvalue weighted by atomic mass is 32.2. The van der Waals surface area contributed by atoms with E-state index >= 15 is 0 Å². The van der Waals surface area contributed by atoms with Crippen LogP contribution in [0.25, 0.3) is 10.9 Å². The number of hydrogen-bond acceptors (Lipinski definition) is 5. The zero-order chi connectivity index (χ0) is 24.8. The Kier molecular flexibility index (Phi) is 7.41. The molecular weight excluding hydrogens is 471 g/mol. The van der Waals surface area contributed by atoms with Crippen molar-refractivity contribution < 1.29 is 18.9 Å². The van der Waals surface area contributed by atoms with Crippen LogP contribution in [-0.4, -0.2) is 33.6 Å². The minimum absolute atomic E-state index is 0.000132. The van der Waals surface area contributed by atoms with Crippen LogP contribution in [-0.2, 0) is 11.3 Å². The van der Waals surface area contributed by atoms with Crippen molar-refractivity contribution in [2.45, 2.75) is 11.4 Å². The topological polar surface area (TPSA) is 106 Å². The molecule has 2 N–H and O–H groups in total. The molecule has 0 aliphatic carbocycles. The molecule has 3 aromatic carbocycles. The SMILES string of the molecule is O=C(CSc1cn(CCNC(=O)c2ccccc2F)c2ccccc12)Nc1ccc([N+](=O)[O-])cc1. The highest BCUT2D eigenvalue weighted by molar-refractivity contribution is 8.00. The molecule has 1 aromatic heterocycles. The number of non-ortho nitro benzene ring substituents is 1. The number of nitrogens with one attached hydrogen (secondary N) is 2. The molecule has 178 valence electrons. The largest absolute Gasteiger partial charge is 0.350 e. The Bertz CT molecular complexity index is 1390. The number of benzene rings is 3. The molecule has 0 atom stereocenters. The number of anilines is 1. The summed E-state index contributed by atoms with van der Waals surface area (Å²) in [5.74, 6) is -1.13. The predicted octanol–water partition coefficient (Wildman–Crippen LogP) is 4.85. The number of aromatic nitrogens is 1. The van der Waals surface area contributed by atoms with Crippen LogP contribution in [0.2, 0.25) is 0 Å². The zero-order valence-electron chi connectivity index (χ0n) is 18.4. The maximum Gasteiger partial charge on any atom is 0.269 e. The average Bonchev–Trinajstić information content (AvgIpc) is 3.21. The number of hydrogen-bond donors (Lipinski definition) is 2. The minimum Gasteiger partial charge on any atom is -0.350 e. The lowest BCUT2D eigenvalue weighted by Crippen LogP contribution is -2.27. The first-order chi connectivity index (χ1) is 16.9. The number of amides is 2. The molecule has 0 radical (unpaired) electrons. The molecule has 0 fully saturated rings. The molecule has 0 aliphatic heterocycles. The molecule has 1 heterocycles. The van der Waals surface area contributed by atoms with Crippen LogP contribution in [0.3, 0.4) is 0 Å². The Morgan fingerprint density at radius 2 is 1.71 bits per heavy atom. The second-order valence-electron chi connectivity index (χ2n) is 7.58. The fourth-order valence-corrected chi connectivity index (χ4v) is 4.44. The highest BCUT2D eigenvalue weighted by Gasteiger charge is 2.13. The molecule has 0 bridgehead atoms.